The van der Waals surface area contributed by atoms with Crippen LogP contribution < -0.4 is 10.2 Å². The minimum absolute atomic E-state index is 0.656. The molecule has 2 aliphatic rings. The third-order valence-electron chi connectivity index (χ3n) is 5.57. The molecule has 0 bridgehead atoms. The lowest BCUT2D eigenvalue weighted by molar-refractivity contribution is 0.658. The Morgan fingerprint density at radius 1 is 1.07 bits per heavy atom. The van der Waals surface area contributed by atoms with Crippen LogP contribution in [-0.2, 0) is 6.42 Å². The number of aromatic nitrogens is 4. The van der Waals surface area contributed by atoms with Crippen molar-refractivity contribution in [3.05, 3.63) is 59.4 Å². The van der Waals surface area contributed by atoms with Gasteiger partial charge in [0.1, 0.15) is 5.82 Å². The second-order valence-corrected chi connectivity index (χ2v) is 8.15. The standard InChI is InChI=1S/C22H26N6/c1-15-9-10-28(14-15)22-23-18(11-16-5-3-2-4-6-16)12-20(25-22)24-21-13-19(26-27-21)17-7-8-17/h2-6,12-13,15,17H,7-11,14H2,1H3,(H2,23,24,25,26,27)/t15-/m1/s1. The van der Waals surface area contributed by atoms with Crippen molar-refractivity contribution in [3.8, 4) is 0 Å². The van der Waals surface area contributed by atoms with Crippen molar-refractivity contribution in [1.29, 1.82) is 0 Å². The van der Waals surface area contributed by atoms with Gasteiger partial charge in [0.2, 0.25) is 5.95 Å². The first-order valence-electron chi connectivity index (χ1n) is 10.2. The summed E-state index contributed by atoms with van der Waals surface area (Å²) in [6.07, 6.45) is 4.50. The van der Waals surface area contributed by atoms with E-state index in [4.69, 9.17) is 9.97 Å². The number of hydrogen-bond donors (Lipinski definition) is 2. The number of aromatic amines is 1. The normalized spacial score (nSPS) is 19.2. The molecule has 0 spiro atoms. The highest BCUT2D eigenvalue weighted by Crippen LogP contribution is 2.39. The summed E-state index contributed by atoms with van der Waals surface area (Å²) in [4.78, 5) is 12.0. The van der Waals surface area contributed by atoms with Crippen molar-refractivity contribution in [2.75, 3.05) is 23.3 Å². The molecule has 28 heavy (non-hydrogen) atoms. The summed E-state index contributed by atoms with van der Waals surface area (Å²) in [6.45, 7) is 4.32. The smallest absolute Gasteiger partial charge is 0.227 e. The molecule has 1 aliphatic heterocycles. The minimum atomic E-state index is 0.656. The lowest BCUT2D eigenvalue weighted by Gasteiger charge is -2.18. The highest BCUT2D eigenvalue weighted by Gasteiger charge is 2.26. The topological polar surface area (TPSA) is 69.7 Å². The van der Waals surface area contributed by atoms with E-state index in [0.29, 0.717) is 11.8 Å². The average molecular weight is 374 g/mol. The summed E-state index contributed by atoms with van der Waals surface area (Å²) >= 11 is 0. The van der Waals surface area contributed by atoms with Gasteiger partial charge in [0.15, 0.2) is 5.82 Å². The zero-order chi connectivity index (χ0) is 18.9. The Labute approximate surface area is 165 Å². The van der Waals surface area contributed by atoms with E-state index in [2.05, 4.69) is 57.7 Å². The molecule has 2 N–H and O–H groups in total. The van der Waals surface area contributed by atoms with E-state index >= 15 is 0 Å². The number of hydrogen-bond acceptors (Lipinski definition) is 5. The van der Waals surface area contributed by atoms with Gasteiger partial charge in [0.25, 0.3) is 0 Å². The third-order valence-corrected chi connectivity index (χ3v) is 5.57. The van der Waals surface area contributed by atoms with Gasteiger partial charge in [-0.15, -0.1) is 0 Å². The van der Waals surface area contributed by atoms with E-state index in [0.717, 1.165) is 42.8 Å². The molecule has 2 aromatic heterocycles. The fourth-order valence-electron chi connectivity index (χ4n) is 3.84. The molecule has 1 saturated carbocycles. The Hall–Kier alpha value is -2.89. The van der Waals surface area contributed by atoms with Crippen molar-refractivity contribution >= 4 is 17.6 Å². The number of benzene rings is 1. The van der Waals surface area contributed by atoms with Gasteiger partial charge < -0.3 is 10.2 Å². The van der Waals surface area contributed by atoms with E-state index in [9.17, 15) is 0 Å². The first-order chi connectivity index (χ1) is 13.7. The van der Waals surface area contributed by atoms with Crippen molar-refractivity contribution in [2.24, 2.45) is 5.92 Å². The number of anilines is 3. The number of H-pyrrole nitrogens is 1. The van der Waals surface area contributed by atoms with Gasteiger partial charge in [-0.3, -0.25) is 5.10 Å². The summed E-state index contributed by atoms with van der Waals surface area (Å²) in [7, 11) is 0. The molecule has 6 nitrogen and oxygen atoms in total. The van der Waals surface area contributed by atoms with Gasteiger partial charge in [0, 0.05) is 43.3 Å². The fraction of sp³-hybridized carbons (Fsp3) is 0.409. The summed E-state index contributed by atoms with van der Waals surface area (Å²) in [5.74, 6) is 3.79. The Morgan fingerprint density at radius 3 is 2.68 bits per heavy atom. The molecule has 0 amide bonds. The highest BCUT2D eigenvalue weighted by molar-refractivity contribution is 5.55. The summed E-state index contributed by atoms with van der Waals surface area (Å²) in [6, 6.07) is 14.6. The molecule has 3 heterocycles. The van der Waals surface area contributed by atoms with Crippen LogP contribution in [0.5, 0.6) is 0 Å². The van der Waals surface area contributed by atoms with Gasteiger partial charge in [0.05, 0.1) is 5.69 Å². The Kier molecular flexibility index (Phi) is 4.47. The molecular formula is C22H26N6. The largest absolute Gasteiger partial charge is 0.340 e. The third kappa shape index (κ3) is 3.86. The van der Waals surface area contributed by atoms with E-state index < -0.39 is 0 Å². The molecule has 1 aliphatic carbocycles. The van der Waals surface area contributed by atoms with Crippen LogP contribution >= 0.6 is 0 Å². The second-order valence-electron chi connectivity index (χ2n) is 8.15. The van der Waals surface area contributed by atoms with Crippen LogP contribution in [0.3, 0.4) is 0 Å². The molecule has 6 heteroatoms. The van der Waals surface area contributed by atoms with Crippen molar-refractivity contribution < 1.29 is 0 Å². The van der Waals surface area contributed by atoms with Crippen molar-refractivity contribution in [1.82, 2.24) is 20.2 Å². The predicted octanol–water partition coefficient (Wildman–Crippen LogP) is 4.26. The maximum atomic E-state index is 4.88. The molecule has 1 atom stereocenters. The van der Waals surface area contributed by atoms with Gasteiger partial charge in [-0.05, 0) is 30.7 Å². The van der Waals surface area contributed by atoms with E-state index in [-0.39, 0.29) is 0 Å². The first-order valence-corrected chi connectivity index (χ1v) is 10.2. The molecule has 0 radical (unpaired) electrons. The minimum Gasteiger partial charge on any atom is -0.340 e. The Balaban J connectivity index is 1.43. The van der Waals surface area contributed by atoms with Crippen LogP contribution in [0, 0.1) is 5.92 Å². The van der Waals surface area contributed by atoms with E-state index in [1.165, 1.54) is 30.5 Å². The van der Waals surface area contributed by atoms with E-state index in [1.54, 1.807) is 0 Å². The zero-order valence-electron chi connectivity index (χ0n) is 16.2. The Bertz CT molecular complexity index is 947. The molecule has 144 valence electrons. The lowest BCUT2D eigenvalue weighted by atomic mass is 10.1. The number of nitrogens with zero attached hydrogens (tertiary/aromatic N) is 4. The molecule has 3 aromatic rings. The van der Waals surface area contributed by atoms with Crippen LogP contribution in [0.15, 0.2) is 42.5 Å². The second kappa shape index (κ2) is 7.26. The van der Waals surface area contributed by atoms with Crippen LogP contribution in [0.2, 0.25) is 0 Å². The quantitative estimate of drug-likeness (QED) is 0.675. The maximum Gasteiger partial charge on any atom is 0.227 e. The van der Waals surface area contributed by atoms with Gasteiger partial charge in [-0.1, -0.05) is 37.3 Å². The number of rotatable bonds is 6. The van der Waals surface area contributed by atoms with Crippen LogP contribution in [0.25, 0.3) is 0 Å². The monoisotopic (exact) mass is 374 g/mol. The molecule has 1 aromatic carbocycles. The molecule has 5 rings (SSSR count). The summed E-state index contributed by atoms with van der Waals surface area (Å²) < 4.78 is 0. The van der Waals surface area contributed by atoms with Crippen LogP contribution in [0.4, 0.5) is 17.6 Å². The Morgan fingerprint density at radius 2 is 1.93 bits per heavy atom. The fourth-order valence-corrected chi connectivity index (χ4v) is 3.84. The molecule has 2 fully saturated rings. The summed E-state index contributed by atoms with van der Waals surface area (Å²) in [5.41, 5.74) is 3.49. The summed E-state index contributed by atoms with van der Waals surface area (Å²) in [5, 5.41) is 11.0. The average Bonchev–Trinajstić information content (AvgIpc) is 3.29. The van der Waals surface area contributed by atoms with Crippen molar-refractivity contribution in [3.63, 3.8) is 0 Å². The maximum absolute atomic E-state index is 4.88. The SMILES string of the molecule is C[C@@H]1CCN(c2nc(Cc3ccccc3)cc(Nc3cc(C4CC4)[nH]n3)n2)C1. The molecule has 0 unspecified atom stereocenters. The molecule has 1 saturated heterocycles. The van der Waals surface area contributed by atoms with E-state index in [1.807, 2.05) is 12.1 Å². The van der Waals surface area contributed by atoms with Gasteiger partial charge in [-0.2, -0.15) is 10.1 Å². The highest BCUT2D eigenvalue weighted by atomic mass is 15.3. The van der Waals surface area contributed by atoms with Crippen LogP contribution in [-0.4, -0.2) is 33.3 Å². The number of nitrogens with one attached hydrogen (secondary N) is 2. The van der Waals surface area contributed by atoms with Gasteiger partial charge in [-0.25, -0.2) is 4.98 Å². The van der Waals surface area contributed by atoms with Crippen LogP contribution in [0.1, 0.15) is 49.1 Å². The lowest BCUT2D eigenvalue weighted by Crippen LogP contribution is -2.22. The van der Waals surface area contributed by atoms with Gasteiger partial charge >= 0.3 is 0 Å². The first kappa shape index (κ1) is 17.2. The van der Waals surface area contributed by atoms with Crippen molar-refractivity contribution in [2.45, 2.75) is 38.5 Å². The predicted molar refractivity (Wildman–Crippen MR) is 111 cm³/mol. The zero-order valence-corrected chi connectivity index (χ0v) is 16.2. The molecular weight excluding hydrogens is 348 g/mol.